The summed E-state index contributed by atoms with van der Waals surface area (Å²) in [5.74, 6) is -1.25. The van der Waals surface area contributed by atoms with Crippen molar-refractivity contribution in [3.8, 4) is 0 Å². The van der Waals surface area contributed by atoms with Gasteiger partial charge in [-0.3, -0.25) is 9.78 Å². The van der Waals surface area contributed by atoms with Crippen molar-refractivity contribution in [3.05, 3.63) is 35.7 Å². The quantitative estimate of drug-likeness (QED) is 0.824. The largest absolute Gasteiger partial charge is 0.478 e. The fourth-order valence-electron chi connectivity index (χ4n) is 1.77. The van der Waals surface area contributed by atoms with Gasteiger partial charge in [-0.1, -0.05) is 6.07 Å². The fourth-order valence-corrected chi connectivity index (χ4v) is 1.77. The van der Waals surface area contributed by atoms with Gasteiger partial charge in [0.2, 0.25) is 0 Å². The van der Waals surface area contributed by atoms with Crippen molar-refractivity contribution in [3.63, 3.8) is 0 Å². The number of pyridine rings is 1. The van der Waals surface area contributed by atoms with E-state index in [2.05, 4.69) is 4.98 Å². The molecule has 5 heteroatoms. The minimum absolute atomic E-state index is 0.0656. The van der Waals surface area contributed by atoms with Gasteiger partial charge in [0, 0.05) is 30.4 Å². The summed E-state index contributed by atoms with van der Waals surface area (Å²) in [4.78, 5) is 28.7. The van der Waals surface area contributed by atoms with E-state index < -0.39 is 5.97 Å². The van der Waals surface area contributed by atoms with E-state index in [-0.39, 0.29) is 17.6 Å². The Morgan fingerprint density at radius 1 is 1.47 bits per heavy atom. The third-order valence-corrected chi connectivity index (χ3v) is 2.67. The van der Waals surface area contributed by atoms with Crippen LogP contribution in [0.25, 0.3) is 6.08 Å². The van der Waals surface area contributed by atoms with Crippen LogP contribution >= 0.6 is 0 Å². The average Bonchev–Trinajstić information content (AvgIpc) is 2.36. The van der Waals surface area contributed by atoms with Gasteiger partial charge >= 0.3 is 5.97 Å². The Morgan fingerprint density at radius 3 is 2.68 bits per heavy atom. The molecule has 1 amide bonds. The van der Waals surface area contributed by atoms with Gasteiger partial charge in [-0.2, -0.15) is 0 Å². The van der Waals surface area contributed by atoms with Gasteiger partial charge in [0.1, 0.15) is 5.69 Å². The smallest absolute Gasteiger partial charge is 0.328 e. The first-order valence-electron chi connectivity index (χ1n) is 6.14. The van der Waals surface area contributed by atoms with Gasteiger partial charge in [0.05, 0.1) is 0 Å². The second-order valence-corrected chi connectivity index (χ2v) is 4.30. The zero-order valence-corrected chi connectivity index (χ0v) is 11.3. The maximum absolute atomic E-state index is 12.4. The highest BCUT2D eigenvalue weighted by Gasteiger charge is 2.20. The molecule has 1 rings (SSSR count). The van der Waals surface area contributed by atoms with E-state index in [1.807, 2.05) is 20.8 Å². The van der Waals surface area contributed by atoms with Crippen LogP contribution in [0.2, 0.25) is 0 Å². The number of aliphatic carboxylic acids is 1. The zero-order chi connectivity index (χ0) is 14.4. The fraction of sp³-hybridized carbons (Fsp3) is 0.357. The molecule has 5 nitrogen and oxygen atoms in total. The molecule has 1 heterocycles. The van der Waals surface area contributed by atoms with Crippen LogP contribution in [-0.4, -0.2) is 39.5 Å². The minimum atomic E-state index is -1.06. The lowest BCUT2D eigenvalue weighted by Gasteiger charge is -2.25. The van der Waals surface area contributed by atoms with Crippen molar-refractivity contribution < 1.29 is 14.7 Å². The van der Waals surface area contributed by atoms with Gasteiger partial charge in [0.25, 0.3) is 5.91 Å². The van der Waals surface area contributed by atoms with Gasteiger partial charge in [-0.25, -0.2) is 4.79 Å². The van der Waals surface area contributed by atoms with Gasteiger partial charge in [-0.15, -0.1) is 0 Å². The number of aromatic nitrogens is 1. The Labute approximate surface area is 112 Å². The molecule has 0 saturated heterocycles. The van der Waals surface area contributed by atoms with Crippen LogP contribution in [0, 0.1) is 0 Å². The maximum Gasteiger partial charge on any atom is 0.328 e. The van der Waals surface area contributed by atoms with Crippen molar-refractivity contribution in [2.24, 2.45) is 0 Å². The van der Waals surface area contributed by atoms with E-state index in [4.69, 9.17) is 5.11 Å². The summed E-state index contributed by atoms with van der Waals surface area (Å²) in [7, 11) is 0. The first-order valence-corrected chi connectivity index (χ1v) is 6.14. The number of carbonyl (C=O) groups excluding carboxylic acids is 1. The summed E-state index contributed by atoms with van der Waals surface area (Å²) in [5.41, 5.74) is 0.782. The number of hydrogen-bond acceptors (Lipinski definition) is 3. The van der Waals surface area contributed by atoms with Crippen molar-refractivity contribution in [1.29, 1.82) is 0 Å². The molecule has 1 aromatic heterocycles. The highest BCUT2D eigenvalue weighted by Crippen LogP contribution is 2.12. The van der Waals surface area contributed by atoms with Crippen LogP contribution in [0.5, 0.6) is 0 Å². The third kappa shape index (κ3) is 3.91. The van der Waals surface area contributed by atoms with Crippen LogP contribution < -0.4 is 0 Å². The summed E-state index contributed by atoms with van der Waals surface area (Å²) in [5, 5.41) is 8.65. The van der Waals surface area contributed by atoms with E-state index in [9.17, 15) is 9.59 Å². The molecule has 19 heavy (non-hydrogen) atoms. The molecule has 0 radical (unpaired) electrons. The molecule has 0 unspecified atom stereocenters. The number of hydrogen-bond donors (Lipinski definition) is 1. The molecule has 0 bridgehead atoms. The molecular formula is C14H18N2O3. The first kappa shape index (κ1) is 14.9. The van der Waals surface area contributed by atoms with E-state index >= 15 is 0 Å². The Morgan fingerprint density at radius 2 is 2.16 bits per heavy atom. The van der Waals surface area contributed by atoms with Gasteiger partial charge in [-0.05, 0) is 32.9 Å². The zero-order valence-electron chi connectivity index (χ0n) is 11.3. The van der Waals surface area contributed by atoms with Gasteiger partial charge < -0.3 is 10.0 Å². The second-order valence-electron chi connectivity index (χ2n) is 4.30. The molecule has 102 valence electrons. The van der Waals surface area contributed by atoms with E-state index in [1.165, 1.54) is 12.3 Å². The summed E-state index contributed by atoms with van der Waals surface area (Å²) >= 11 is 0. The van der Waals surface area contributed by atoms with Crippen molar-refractivity contribution in [2.45, 2.75) is 26.8 Å². The summed E-state index contributed by atoms with van der Waals surface area (Å²) < 4.78 is 0. The van der Waals surface area contributed by atoms with E-state index in [0.29, 0.717) is 12.1 Å². The highest BCUT2D eigenvalue weighted by atomic mass is 16.4. The van der Waals surface area contributed by atoms with E-state index in [0.717, 1.165) is 6.08 Å². The molecule has 0 saturated carbocycles. The maximum atomic E-state index is 12.4. The monoisotopic (exact) mass is 262 g/mol. The predicted molar refractivity (Wildman–Crippen MR) is 72.8 cm³/mol. The lowest BCUT2D eigenvalue weighted by molar-refractivity contribution is -0.131. The number of carboxylic acid groups (broad SMARTS) is 1. The Balaban J connectivity index is 3.12. The van der Waals surface area contributed by atoms with Crippen LogP contribution in [0.4, 0.5) is 0 Å². The molecule has 0 fully saturated rings. The SMILES string of the molecule is CCN(C(=O)c1ncccc1/C=C/C(=O)O)C(C)C. The molecule has 0 aliphatic carbocycles. The van der Waals surface area contributed by atoms with Crippen LogP contribution in [-0.2, 0) is 4.79 Å². The Kier molecular flexibility index (Phi) is 5.23. The third-order valence-electron chi connectivity index (χ3n) is 2.67. The predicted octanol–water partition coefficient (Wildman–Crippen LogP) is 2.05. The highest BCUT2D eigenvalue weighted by molar-refractivity contribution is 5.97. The van der Waals surface area contributed by atoms with Crippen molar-refractivity contribution in [2.75, 3.05) is 6.54 Å². The van der Waals surface area contributed by atoms with E-state index in [1.54, 1.807) is 17.0 Å². The van der Waals surface area contributed by atoms with Gasteiger partial charge in [0.15, 0.2) is 0 Å². The molecule has 0 aliphatic rings. The standard InChI is InChI=1S/C14H18N2O3/c1-4-16(10(2)3)14(19)13-11(6-5-9-15-13)7-8-12(17)18/h5-10H,4H2,1-3H3,(H,17,18)/b8-7+. The van der Waals surface area contributed by atoms with Crippen LogP contribution in [0.15, 0.2) is 24.4 Å². The summed E-state index contributed by atoms with van der Waals surface area (Å²) in [6.07, 6.45) is 3.91. The molecule has 1 aromatic rings. The normalized spacial score (nSPS) is 10.9. The topological polar surface area (TPSA) is 70.5 Å². The number of amides is 1. The Hall–Kier alpha value is -2.17. The number of nitrogens with zero attached hydrogens (tertiary/aromatic N) is 2. The second kappa shape index (κ2) is 6.68. The van der Waals surface area contributed by atoms with Crippen molar-refractivity contribution >= 4 is 18.0 Å². The number of carbonyl (C=O) groups is 2. The summed E-state index contributed by atoms with van der Waals surface area (Å²) in [6.45, 7) is 6.33. The van der Waals surface area contributed by atoms with Crippen molar-refractivity contribution in [1.82, 2.24) is 9.88 Å². The number of rotatable bonds is 5. The Bertz CT molecular complexity index is 495. The molecule has 0 spiro atoms. The molecule has 1 N–H and O–H groups in total. The molecule has 0 aliphatic heterocycles. The first-order chi connectivity index (χ1) is 8.97. The summed E-state index contributed by atoms with van der Waals surface area (Å²) in [6, 6.07) is 3.41. The minimum Gasteiger partial charge on any atom is -0.478 e. The lowest BCUT2D eigenvalue weighted by atomic mass is 10.1. The molecule has 0 atom stereocenters. The molecule has 0 aromatic carbocycles. The molecular weight excluding hydrogens is 244 g/mol. The lowest BCUT2D eigenvalue weighted by Crippen LogP contribution is -2.37. The van der Waals surface area contributed by atoms with Crippen LogP contribution in [0.3, 0.4) is 0 Å². The number of carboxylic acids is 1. The average molecular weight is 262 g/mol. The van der Waals surface area contributed by atoms with Crippen LogP contribution in [0.1, 0.15) is 36.8 Å².